The highest BCUT2D eigenvalue weighted by atomic mass is 16.5. The quantitative estimate of drug-likeness (QED) is 0.246. The van der Waals surface area contributed by atoms with Gasteiger partial charge in [-0.3, -0.25) is 4.79 Å². The van der Waals surface area contributed by atoms with E-state index in [0.717, 1.165) is 35.5 Å². The van der Waals surface area contributed by atoms with E-state index in [1.807, 2.05) is 26.1 Å². The number of ether oxygens (including phenoxy) is 1. The number of benzene rings is 3. The summed E-state index contributed by atoms with van der Waals surface area (Å²) in [5.41, 5.74) is 7.85. The molecule has 0 spiro atoms. The second-order valence-electron chi connectivity index (χ2n) is 9.95. The molecular weight excluding hydrogens is 524 g/mol. The number of imidazole rings is 1. The number of nitrogens with zero attached hydrogens (tertiary/aromatic N) is 2. The number of amides is 2. The molecule has 2 amide bonds. The molecule has 42 heavy (non-hydrogen) atoms. The lowest BCUT2D eigenvalue weighted by Gasteiger charge is -2.23. The molecule has 7 heteroatoms. The van der Waals surface area contributed by atoms with Crippen LogP contribution in [0.15, 0.2) is 79.0 Å². The molecule has 1 atom stereocenters. The number of carbonyl (C=O) groups excluding carboxylic acids is 2. The third kappa shape index (κ3) is 8.09. The molecule has 0 unspecified atom stereocenters. The predicted octanol–water partition coefficient (Wildman–Crippen LogP) is 8.18. The van der Waals surface area contributed by atoms with Gasteiger partial charge in [-0.25, -0.2) is 9.78 Å². The van der Waals surface area contributed by atoms with Crippen LogP contribution in [0.3, 0.4) is 0 Å². The first kappa shape index (κ1) is 32.1. The molecule has 7 nitrogen and oxygen atoms in total. The summed E-state index contributed by atoms with van der Waals surface area (Å²) in [5.74, 6) is 0.607. The molecule has 3 aromatic carbocycles. The number of H-pyrrole nitrogens is 1. The summed E-state index contributed by atoms with van der Waals surface area (Å²) in [4.78, 5) is 33.9. The molecule has 222 valence electrons. The molecule has 0 bridgehead atoms. The fraction of sp³-hybridized carbons (Fsp3) is 0.343. The summed E-state index contributed by atoms with van der Waals surface area (Å²) in [6.45, 7) is 10.9. The van der Waals surface area contributed by atoms with Gasteiger partial charge in [-0.15, -0.1) is 0 Å². The molecule has 1 fully saturated rings. The summed E-state index contributed by atoms with van der Waals surface area (Å²) in [5, 5.41) is 2.47. The minimum absolute atomic E-state index is 0.0961. The van der Waals surface area contributed by atoms with Crippen molar-refractivity contribution in [2.45, 2.75) is 59.9 Å². The highest BCUT2D eigenvalue weighted by Crippen LogP contribution is 2.34. The van der Waals surface area contributed by atoms with Gasteiger partial charge in [0.1, 0.15) is 12.4 Å². The number of hydrogen-bond acceptors (Lipinski definition) is 4. The third-order valence-electron chi connectivity index (χ3n) is 6.91. The lowest BCUT2D eigenvalue weighted by atomic mass is 9.95. The van der Waals surface area contributed by atoms with Crippen molar-refractivity contribution in [3.05, 3.63) is 90.4 Å². The largest absolute Gasteiger partial charge is 0.453 e. The number of rotatable bonds is 6. The first-order valence-electron chi connectivity index (χ1n) is 14.9. The van der Waals surface area contributed by atoms with Crippen molar-refractivity contribution in [2.75, 3.05) is 20.2 Å². The summed E-state index contributed by atoms with van der Waals surface area (Å²) in [7, 11) is 1.28. The van der Waals surface area contributed by atoms with Crippen LogP contribution in [0.1, 0.15) is 64.4 Å². The second kappa shape index (κ2) is 16.2. The molecule has 1 aliphatic rings. The van der Waals surface area contributed by atoms with Crippen LogP contribution in [-0.2, 0) is 9.53 Å². The van der Waals surface area contributed by atoms with Crippen molar-refractivity contribution in [2.24, 2.45) is 0 Å². The number of methoxy groups -OCH3 is 1. The highest BCUT2D eigenvalue weighted by molar-refractivity contribution is 5.83. The number of aromatic nitrogens is 2. The van der Waals surface area contributed by atoms with Crippen LogP contribution < -0.4 is 5.32 Å². The molecule has 1 aliphatic heterocycles. The maximum absolute atomic E-state index is 12.7. The summed E-state index contributed by atoms with van der Waals surface area (Å²) in [6, 6.07) is 25.3. The molecular formula is C35H44N4O3. The Morgan fingerprint density at radius 1 is 0.952 bits per heavy atom. The van der Waals surface area contributed by atoms with Crippen LogP contribution >= 0.6 is 0 Å². The molecule has 1 aromatic heterocycles. The molecule has 0 aliphatic carbocycles. The van der Waals surface area contributed by atoms with Crippen molar-refractivity contribution in [1.29, 1.82) is 0 Å². The number of carbonyl (C=O) groups is 2. The molecule has 2 heterocycles. The summed E-state index contributed by atoms with van der Waals surface area (Å²) < 4.78 is 4.56. The van der Waals surface area contributed by atoms with E-state index in [-0.39, 0.29) is 18.5 Å². The fourth-order valence-corrected chi connectivity index (χ4v) is 4.90. The van der Waals surface area contributed by atoms with Crippen LogP contribution in [0.4, 0.5) is 4.79 Å². The predicted molar refractivity (Wildman–Crippen MR) is 171 cm³/mol. The molecule has 2 N–H and O–H groups in total. The van der Waals surface area contributed by atoms with Gasteiger partial charge >= 0.3 is 6.09 Å². The van der Waals surface area contributed by atoms with E-state index >= 15 is 0 Å². The fourth-order valence-electron chi connectivity index (χ4n) is 4.90. The van der Waals surface area contributed by atoms with Gasteiger partial charge < -0.3 is 19.9 Å². The van der Waals surface area contributed by atoms with E-state index in [0.29, 0.717) is 6.54 Å². The highest BCUT2D eigenvalue weighted by Gasteiger charge is 2.32. The van der Waals surface area contributed by atoms with Gasteiger partial charge in [-0.05, 0) is 53.6 Å². The Hall–Kier alpha value is -4.39. The van der Waals surface area contributed by atoms with E-state index < -0.39 is 6.09 Å². The zero-order chi connectivity index (χ0) is 30.5. The standard InChI is InChI=1S/C30H30N4O3.C3H8.C2H6/c1-20-10-11-24(17-25(20)23-14-12-22(13-15-23)21-7-4-3-5-8-21)26-18-31-29(33-26)27-9-6-16-34(27)28(35)19-32-30(36)37-2;1-3-2;1-2/h3-5,7-8,10-15,17-18,27H,6,9,16,19H2,1-2H3,(H,31,33)(H,32,36);3H2,1-2H3;1-2H3/t27-;;/m0../s1. The third-order valence-corrected chi connectivity index (χ3v) is 6.91. The average molecular weight is 569 g/mol. The van der Waals surface area contributed by atoms with Crippen LogP contribution in [0.25, 0.3) is 33.5 Å². The lowest BCUT2D eigenvalue weighted by Crippen LogP contribution is -2.40. The van der Waals surface area contributed by atoms with Gasteiger partial charge in [0.15, 0.2) is 0 Å². The number of likely N-dealkylation sites (tertiary alicyclic amines) is 1. The minimum atomic E-state index is -0.616. The van der Waals surface area contributed by atoms with Gasteiger partial charge in [0.05, 0.1) is 25.0 Å². The zero-order valence-corrected chi connectivity index (χ0v) is 25.7. The van der Waals surface area contributed by atoms with Crippen LogP contribution in [0, 0.1) is 6.92 Å². The maximum atomic E-state index is 12.7. The minimum Gasteiger partial charge on any atom is -0.453 e. The topological polar surface area (TPSA) is 87.3 Å². The average Bonchev–Trinajstić information content (AvgIpc) is 3.72. The lowest BCUT2D eigenvalue weighted by molar-refractivity contribution is -0.131. The van der Waals surface area contributed by atoms with Crippen molar-refractivity contribution in [1.82, 2.24) is 20.2 Å². The van der Waals surface area contributed by atoms with Crippen LogP contribution in [0.2, 0.25) is 0 Å². The van der Waals surface area contributed by atoms with E-state index in [4.69, 9.17) is 0 Å². The smallest absolute Gasteiger partial charge is 0.407 e. The van der Waals surface area contributed by atoms with Gasteiger partial charge in [0, 0.05) is 12.1 Å². The van der Waals surface area contributed by atoms with E-state index in [1.54, 1.807) is 4.90 Å². The van der Waals surface area contributed by atoms with Gasteiger partial charge in [0.2, 0.25) is 5.91 Å². The molecule has 5 rings (SSSR count). The Balaban J connectivity index is 0.000000910. The Morgan fingerprint density at radius 3 is 2.24 bits per heavy atom. The molecule has 1 saturated heterocycles. The Bertz CT molecular complexity index is 1410. The number of aryl methyl sites for hydroxylation is 1. The summed E-state index contributed by atoms with van der Waals surface area (Å²) in [6.07, 6.45) is 4.17. The van der Waals surface area contributed by atoms with E-state index in [1.165, 1.54) is 35.8 Å². The molecule has 0 saturated carbocycles. The van der Waals surface area contributed by atoms with Gasteiger partial charge in [-0.1, -0.05) is 101 Å². The number of hydrogen-bond donors (Lipinski definition) is 2. The van der Waals surface area contributed by atoms with Crippen molar-refractivity contribution < 1.29 is 14.3 Å². The Labute approximate surface area is 250 Å². The monoisotopic (exact) mass is 568 g/mol. The van der Waals surface area contributed by atoms with Crippen LogP contribution in [0.5, 0.6) is 0 Å². The van der Waals surface area contributed by atoms with Crippen LogP contribution in [-0.4, -0.2) is 47.1 Å². The summed E-state index contributed by atoms with van der Waals surface area (Å²) >= 11 is 0. The van der Waals surface area contributed by atoms with Crippen molar-refractivity contribution in [3.8, 4) is 33.5 Å². The first-order chi connectivity index (χ1) is 20.4. The Morgan fingerprint density at radius 2 is 1.57 bits per heavy atom. The molecule has 4 aromatic rings. The number of nitrogens with one attached hydrogen (secondary N) is 2. The Kier molecular flexibility index (Phi) is 12.4. The van der Waals surface area contributed by atoms with Gasteiger partial charge in [0.25, 0.3) is 0 Å². The first-order valence-corrected chi connectivity index (χ1v) is 14.9. The van der Waals surface area contributed by atoms with Crippen molar-refractivity contribution >= 4 is 12.0 Å². The SMILES string of the molecule is CC.CCC.COC(=O)NCC(=O)N1CCC[C@H]1c1ncc(-c2ccc(C)c(-c3ccc(-c4ccccc4)cc3)c2)[nH]1. The number of alkyl carbamates (subject to hydrolysis) is 1. The van der Waals surface area contributed by atoms with E-state index in [9.17, 15) is 9.59 Å². The van der Waals surface area contributed by atoms with Crippen molar-refractivity contribution in [3.63, 3.8) is 0 Å². The number of aromatic amines is 1. The van der Waals surface area contributed by atoms with E-state index in [2.05, 4.69) is 108 Å². The molecule has 0 radical (unpaired) electrons. The zero-order valence-electron chi connectivity index (χ0n) is 25.7. The van der Waals surface area contributed by atoms with Gasteiger partial charge in [-0.2, -0.15) is 0 Å². The maximum Gasteiger partial charge on any atom is 0.407 e. The normalized spacial score (nSPS) is 13.8. The second-order valence-corrected chi connectivity index (χ2v) is 9.95.